The van der Waals surface area contributed by atoms with Crippen LogP contribution >= 0.6 is 0 Å². The van der Waals surface area contributed by atoms with Gasteiger partial charge in [0.2, 0.25) is 0 Å². The van der Waals surface area contributed by atoms with Gasteiger partial charge in [-0.25, -0.2) is 4.79 Å². The predicted molar refractivity (Wildman–Crippen MR) is 60.8 cm³/mol. The van der Waals surface area contributed by atoms with Gasteiger partial charge in [-0.3, -0.25) is 0 Å². The first-order valence-electron chi connectivity index (χ1n) is 5.08. The summed E-state index contributed by atoms with van der Waals surface area (Å²) in [5.74, 6) is 0.635. The van der Waals surface area contributed by atoms with Crippen LogP contribution in [0.3, 0.4) is 0 Å². The highest BCUT2D eigenvalue weighted by Gasteiger charge is 2.27. The van der Waals surface area contributed by atoms with E-state index in [9.17, 15) is 18.0 Å². The number of aryl methyl sites for hydroxylation is 1. The second kappa shape index (κ2) is 5.61. The molecule has 0 saturated carbocycles. The molecule has 0 aliphatic carbocycles. The van der Waals surface area contributed by atoms with Gasteiger partial charge in [-0.05, 0) is 30.7 Å². The van der Waals surface area contributed by atoms with E-state index >= 15 is 0 Å². The van der Waals surface area contributed by atoms with Crippen LogP contribution in [0.25, 0.3) is 0 Å². The summed E-state index contributed by atoms with van der Waals surface area (Å²) >= 11 is 0. The molecule has 2 amide bonds. The van der Waals surface area contributed by atoms with Crippen molar-refractivity contribution < 1.29 is 22.7 Å². The number of hydrogen-bond acceptors (Lipinski definition) is 2. The van der Waals surface area contributed by atoms with Crippen molar-refractivity contribution in [3.63, 3.8) is 0 Å². The van der Waals surface area contributed by atoms with Crippen molar-refractivity contribution in [1.29, 1.82) is 0 Å². The van der Waals surface area contributed by atoms with Gasteiger partial charge < -0.3 is 15.4 Å². The van der Waals surface area contributed by atoms with Crippen molar-refractivity contribution in [1.82, 2.24) is 5.32 Å². The molecule has 0 fully saturated rings. The molecule has 0 unspecified atom stereocenters. The zero-order valence-corrected chi connectivity index (χ0v) is 9.89. The number of anilines is 1. The zero-order valence-electron chi connectivity index (χ0n) is 9.89. The van der Waals surface area contributed by atoms with Crippen LogP contribution in [-0.2, 0) is 0 Å². The van der Waals surface area contributed by atoms with Gasteiger partial charge in [0.1, 0.15) is 12.3 Å². The topological polar surface area (TPSA) is 50.4 Å². The highest BCUT2D eigenvalue weighted by atomic mass is 19.4. The predicted octanol–water partition coefficient (Wildman–Crippen LogP) is 2.69. The van der Waals surface area contributed by atoms with Crippen LogP contribution < -0.4 is 15.4 Å². The average molecular weight is 262 g/mol. The minimum Gasteiger partial charge on any atom is -0.496 e. The molecule has 0 heterocycles. The van der Waals surface area contributed by atoms with E-state index in [0.29, 0.717) is 11.4 Å². The second-order valence-corrected chi connectivity index (χ2v) is 3.61. The Morgan fingerprint density at radius 3 is 2.56 bits per heavy atom. The number of ether oxygens (including phenoxy) is 1. The molecule has 2 N–H and O–H groups in total. The lowest BCUT2D eigenvalue weighted by molar-refractivity contribution is -0.122. The average Bonchev–Trinajstić information content (AvgIpc) is 2.26. The molecule has 1 aromatic rings. The molecule has 0 spiro atoms. The van der Waals surface area contributed by atoms with Crippen molar-refractivity contribution in [3.05, 3.63) is 23.8 Å². The summed E-state index contributed by atoms with van der Waals surface area (Å²) in [4.78, 5) is 11.2. The summed E-state index contributed by atoms with van der Waals surface area (Å²) in [6.07, 6.45) is -4.42. The molecule has 4 nitrogen and oxygen atoms in total. The molecule has 0 saturated heterocycles. The molecule has 18 heavy (non-hydrogen) atoms. The maximum atomic E-state index is 11.9. The van der Waals surface area contributed by atoms with E-state index in [1.165, 1.54) is 7.11 Å². The van der Waals surface area contributed by atoms with Gasteiger partial charge in [0.05, 0.1) is 7.11 Å². The summed E-state index contributed by atoms with van der Waals surface area (Å²) in [7, 11) is 1.51. The van der Waals surface area contributed by atoms with E-state index in [0.717, 1.165) is 5.56 Å². The van der Waals surface area contributed by atoms with Gasteiger partial charge in [-0.1, -0.05) is 0 Å². The first kappa shape index (κ1) is 14.1. The Kier molecular flexibility index (Phi) is 4.41. The third-order valence-electron chi connectivity index (χ3n) is 2.10. The number of carbonyl (C=O) groups excluding carboxylic acids is 1. The maximum Gasteiger partial charge on any atom is 0.405 e. The second-order valence-electron chi connectivity index (χ2n) is 3.61. The number of rotatable bonds is 3. The van der Waals surface area contributed by atoms with Crippen LogP contribution in [0.2, 0.25) is 0 Å². The Hall–Kier alpha value is -1.92. The number of carbonyl (C=O) groups is 1. The SMILES string of the molecule is COc1ccc(NC(=O)NCC(F)(F)F)cc1C. The quantitative estimate of drug-likeness (QED) is 0.879. The number of alkyl halides is 3. The van der Waals surface area contributed by atoms with Gasteiger partial charge in [0, 0.05) is 5.69 Å². The number of urea groups is 1. The number of nitrogens with one attached hydrogen (secondary N) is 2. The Bertz CT molecular complexity index is 433. The number of benzene rings is 1. The number of amides is 2. The zero-order chi connectivity index (χ0) is 13.8. The van der Waals surface area contributed by atoms with E-state index in [-0.39, 0.29) is 0 Å². The number of hydrogen-bond donors (Lipinski definition) is 2. The third-order valence-corrected chi connectivity index (χ3v) is 2.10. The van der Waals surface area contributed by atoms with Crippen LogP contribution in [0.15, 0.2) is 18.2 Å². The minimum absolute atomic E-state index is 0.396. The van der Waals surface area contributed by atoms with Crippen molar-refractivity contribution in [2.45, 2.75) is 13.1 Å². The van der Waals surface area contributed by atoms with Crippen molar-refractivity contribution >= 4 is 11.7 Å². The lowest BCUT2D eigenvalue weighted by atomic mass is 10.2. The normalized spacial score (nSPS) is 10.9. The Morgan fingerprint density at radius 1 is 1.39 bits per heavy atom. The third kappa shape index (κ3) is 4.52. The smallest absolute Gasteiger partial charge is 0.405 e. The summed E-state index contributed by atoms with van der Waals surface area (Å²) in [5.41, 5.74) is 1.17. The van der Waals surface area contributed by atoms with Gasteiger partial charge >= 0.3 is 12.2 Å². The standard InChI is InChI=1S/C11H13F3N2O2/c1-7-5-8(3-4-9(7)18-2)16-10(17)15-6-11(12,13)14/h3-5H,6H2,1-2H3,(H2,15,16,17). The van der Waals surface area contributed by atoms with Crippen LogP contribution in [0.5, 0.6) is 5.75 Å². The Morgan fingerprint density at radius 2 is 2.06 bits per heavy atom. The van der Waals surface area contributed by atoms with Crippen LogP contribution in [-0.4, -0.2) is 25.9 Å². The van der Waals surface area contributed by atoms with E-state index in [2.05, 4.69) is 5.32 Å². The molecule has 0 atom stereocenters. The summed E-state index contributed by atoms with van der Waals surface area (Å²) < 4.78 is 40.6. The summed E-state index contributed by atoms with van der Waals surface area (Å²) in [6, 6.07) is 3.86. The summed E-state index contributed by atoms with van der Waals surface area (Å²) in [5, 5.41) is 4.01. The van der Waals surface area contributed by atoms with Crippen LogP contribution in [0.1, 0.15) is 5.56 Å². The molecule has 7 heteroatoms. The molecule has 1 rings (SSSR count). The van der Waals surface area contributed by atoms with E-state index < -0.39 is 18.8 Å². The molecule has 1 aromatic carbocycles. The lowest BCUT2D eigenvalue weighted by Crippen LogP contribution is -2.36. The Balaban J connectivity index is 2.57. The van der Waals surface area contributed by atoms with Gasteiger partial charge in [0.25, 0.3) is 0 Å². The van der Waals surface area contributed by atoms with Gasteiger partial charge in [-0.15, -0.1) is 0 Å². The maximum absolute atomic E-state index is 11.9. The van der Waals surface area contributed by atoms with Crippen LogP contribution in [0.4, 0.5) is 23.7 Å². The highest BCUT2D eigenvalue weighted by molar-refractivity contribution is 5.89. The van der Waals surface area contributed by atoms with Crippen LogP contribution in [0, 0.1) is 6.92 Å². The fourth-order valence-corrected chi connectivity index (χ4v) is 1.31. The van der Waals surface area contributed by atoms with Crippen molar-refractivity contribution in [2.75, 3.05) is 19.0 Å². The molecule has 0 aromatic heterocycles. The minimum atomic E-state index is -4.42. The monoisotopic (exact) mass is 262 g/mol. The summed E-state index contributed by atoms with van der Waals surface area (Å²) in [6.45, 7) is 0.394. The van der Waals surface area contributed by atoms with E-state index in [4.69, 9.17) is 4.74 Å². The molecule has 0 aliphatic heterocycles. The molecular formula is C11H13F3N2O2. The van der Waals surface area contributed by atoms with Gasteiger partial charge in [0.15, 0.2) is 0 Å². The number of halogens is 3. The molecule has 0 radical (unpaired) electrons. The molecular weight excluding hydrogens is 249 g/mol. The van der Waals surface area contributed by atoms with Crippen molar-refractivity contribution in [2.24, 2.45) is 0 Å². The molecule has 0 bridgehead atoms. The van der Waals surface area contributed by atoms with E-state index in [1.807, 2.05) is 0 Å². The fraction of sp³-hybridized carbons (Fsp3) is 0.364. The Labute approximate surface area is 102 Å². The molecule has 100 valence electrons. The largest absolute Gasteiger partial charge is 0.496 e. The lowest BCUT2D eigenvalue weighted by Gasteiger charge is -2.11. The highest BCUT2D eigenvalue weighted by Crippen LogP contribution is 2.21. The van der Waals surface area contributed by atoms with Crippen molar-refractivity contribution in [3.8, 4) is 5.75 Å². The van der Waals surface area contributed by atoms with E-state index in [1.54, 1.807) is 30.4 Å². The fourth-order valence-electron chi connectivity index (χ4n) is 1.31. The van der Waals surface area contributed by atoms with Gasteiger partial charge in [-0.2, -0.15) is 13.2 Å². The molecule has 0 aliphatic rings. The number of methoxy groups -OCH3 is 1. The first-order chi connectivity index (χ1) is 8.31. The first-order valence-corrected chi connectivity index (χ1v) is 5.08.